The zero-order valence-corrected chi connectivity index (χ0v) is 10.5. The summed E-state index contributed by atoms with van der Waals surface area (Å²) < 4.78 is 7.32. The van der Waals surface area contributed by atoms with Gasteiger partial charge in [-0.1, -0.05) is 0 Å². The zero-order chi connectivity index (χ0) is 14.3. The minimum atomic E-state index is -0.735. The number of ether oxygens (including phenoxy) is 1. The van der Waals surface area contributed by atoms with E-state index in [1.165, 1.54) is 12.1 Å². The lowest BCUT2D eigenvalue weighted by Gasteiger charge is -2.14. The average molecular weight is 278 g/mol. The summed E-state index contributed by atoms with van der Waals surface area (Å²) in [6, 6.07) is 6.45. The van der Waals surface area contributed by atoms with Crippen LogP contribution in [0.3, 0.4) is 0 Å². The number of non-ortho nitro benzene ring substituents is 1. The average Bonchev–Trinajstić information content (AvgIpc) is 3.00. The van der Waals surface area contributed by atoms with E-state index in [2.05, 4.69) is 0 Å². The normalized spacial score (nSPS) is 26.2. The van der Waals surface area contributed by atoms with Gasteiger partial charge in [0, 0.05) is 30.1 Å². The van der Waals surface area contributed by atoms with E-state index in [1.54, 1.807) is 16.8 Å². The van der Waals surface area contributed by atoms with Crippen LogP contribution in [-0.2, 0) is 4.74 Å². The second-order valence-electron chi connectivity index (χ2n) is 4.84. The van der Waals surface area contributed by atoms with Crippen LogP contribution in [-0.4, -0.2) is 38.5 Å². The van der Waals surface area contributed by atoms with Gasteiger partial charge < -0.3 is 19.5 Å². The molecule has 1 aromatic carbocycles. The SMILES string of the molecule is O=[N+]([O-])c1ccc2ccn(C3C[C@H](O)[C@@H](CO)O3)c2c1. The van der Waals surface area contributed by atoms with Crippen LogP contribution in [0.5, 0.6) is 0 Å². The highest BCUT2D eigenvalue weighted by molar-refractivity contribution is 5.82. The van der Waals surface area contributed by atoms with E-state index in [9.17, 15) is 15.2 Å². The highest BCUT2D eigenvalue weighted by atomic mass is 16.6. The van der Waals surface area contributed by atoms with Gasteiger partial charge in [0.1, 0.15) is 12.3 Å². The minimum Gasteiger partial charge on any atom is -0.394 e. The maximum Gasteiger partial charge on any atom is 0.271 e. The molecule has 3 atom stereocenters. The van der Waals surface area contributed by atoms with Gasteiger partial charge in [-0.15, -0.1) is 0 Å². The van der Waals surface area contributed by atoms with E-state index >= 15 is 0 Å². The summed E-state index contributed by atoms with van der Waals surface area (Å²) >= 11 is 0. The van der Waals surface area contributed by atoms with Crippen molar-refractivity contribution in [3.8, 4) is 0 Å². The van der Waals surface area contributed by atoms with Crippen molar-refractivity contribution in [1.82, 2.24) is 4.57 Å². The number of rotatable bonds is 3. The number of hydrogen-bond donors (Lipinski definition) is 2. The summed E-state index contributed by atoms with van der Waals surface area (Å²) in [4.78, 5) is 10.4. The molecule has 7 heteroatoms. The Labute approximate surface area is 114 Å². The molecule has 0 amide bonds. The van der Waals surface area contributed by atoms with Crippen molar-refractivity contribution in [2.45, 2.75) is 24.9 Å². The molecule has 0 aliphatic carbocycles. The van der Waals surface area contributed by atoms with E-state index < -0.39 is 23.4 Å². The largest absolute Gasteiger partial charge is 0.394 e. The molecule has 2 aromatic rings. The molecule has 2 heterocycles. The van der Waals surface area contributed by atoms with Crippen LogP contribution in [0.2, 0.25) is 0 Å². The molecular formula is C13H14N2O5. The lowest BCUT2D eigenvalue weighted by Crippen LogP contribution is -2.24. The summed E-state index contributed by atoms with van der Waals surface area (Å²) in [5, 5.41) is 30.6. The van der Waals surface area contributed by atoms with Crippen LogP contribution in [0.25, 0.3) is 10.9 Å². The molecule has 2 N–H and O–H groups in total. The van der Waals surface area contributed by atoms with Crippen molar-refractivity contribution in [3.05, 3.63) is 40.6 Å². The fourth-order valence-corrected chi connectivity index (χ4v) is 2.55. The zero-order valence-electron chi connectivity index (χ0n) is 10.5. The van der Waals surface area contributed by atoms with Crippen LogP contribution in [0.4, 0.5) is 5.69 Å². The molecule has 1 aliphatic heterocycles. The second kappa shape index (κ2) is 4.86. The Bertz CT molecular complexity index is 653. The molecule has 1 fully saturated rings. The molecule has 0 spiro atoms. The van der Waals surface area contributed by atoms with Crippen molar-refractivity contribution in [3.63, 3.8) is 0 Å². The molecule has 7 nitrogen and oxygen atoms in total. The van der Waals surface area contributed by atoms with Crippen molar-refractivity contribution < 1.29 is 19.9 Å². The summed E-state index contributed by atoms with van der Waals surface area (Å²) in [6.07, 6.45) is 0.336. The monoisotopic (exact) mass is 278 g/mol. The maximum atomic E-state index is 10.8. The van der Waals surface area contributed by atoms with Gasteiger partial charge in [-0.3, -0.25) is 10.1 Å². The number of aliphatic hydroxyl groups is 2. The summed E-state index contributed by atoms with van der Waals surface area (Å²) in [5.41, 5.74) is 0.685. The van der Waals surface area contributed by atoms with Crippen LogP contribution >= 0.6 is 0 Å². The molecular weight excluding hydrogens is 264 g/mol. The van der Waals surface area contributed by atoms with Gasteiger partial charge in [-0.05, 0) is 12.1 Å². The third-order valence-corrected chi connectivity index (χ3v) is 3.61. The Morgan fingerprint density at radius 3 is 2.90 bits per heavy atom. The van der Waals surface area contributed by atoms with Crippen LogP contribution < -0.4 is 0 Å². The van der Waals surface area contributed by atoms with E-state index in [-0.39, 0.29) is 12.3 Å². The Morgan fingerprint density at radius 1 is 1.45 bits per heavy atom. The predicted octanol–water partition coefficient (Wildman–Crippen LogP) is 1.19. The van der Waals surface area contributed by atoms with Gasteiger partial charge >= 0.3 is 0 Å². The van der Waals surface area contributed by atoms with Gasteiger partial charge in [0.2, 0.25) is 0 Å². The third kappa shape index (κ3) is 2.05. The third-order valence-electron chi connectivity index (χ3n) is 3.61. The van der Waals surface area contributed by atoms with E-state index in [0.717, 1.165) is 5.39 Å². The summed E-state index contributed by atoms with van der Waals surface area (Å²) in [5.74, 6) is 0. The minimum absolute atomic E-state index is 0.00898. The fraction of sp³-hybridized carbons (Fsp3) is 0.385. The number of aromatic nitrogens is 1. The lowest BCUT2D eigenvalue weighted by atomic mass is 10.2. The molecule has 1 aromatic heterocycles. The van der Waals surface area contributed by atoms with Gasteiger partial charge in [-0.25, -0.2) is 0 Å². The molecule has 1 unspecified atom stereocenters. The van der Waals surface area contributed by atoms with E-state index in [1.807, 2.05) is 6.07 Å². The molecule has 0 bridgehead atoms. The van der Waals surface area contributed by atoms with Crippen molar-refractivity contribution in [2.24, 2.45) is 0 Å². The first kappa shape index (κ1) is 13.0. The number of nitro groups is 1. The first-order valence-electron chi connectivity index (χ1n) is 6.29. The number of benzene rings is 1. The Hall–Kier alpha value is -1.96. The highest BCUT2D eigenvalue weighted by Gasteiger charge is 2.34. The maximum absolute atomic E-state index is 10.8. The predicted molar refractivity (Wildman–Crippen MR) is 70.2 cm³/mol. The van der Waals surface area contributed by atoms with E-state index in [4.69, 9.17) is 9.84 Å². The molecule has 1 aliphatic rings. The van der Waals surface area contributed by atoms with Crippen molar-refractivity contribution in [1.29, 1.82) is 0 Å². The quantitative estimate of drug-likeness (QED) is 0.649. The number of fused-ring (bicyclic) bond motifs is 1. The van der Waals surface area contributed by atoms with Crippen LogP contribution in [0.1, 0.15) is 12.6 Å². The first-order valence-corrected chi connectivity index (χ1v) is 6.29. The summed E-state index contributed by atoms with van der Waals surface area (Å²) in [6.45, 7) is -0.253. The van der Waals surface area contributed by atoms with Gasteiger partial charge in [0.25, 0.3) is 5.69 Å². The highest BCUT2D eigenvalue weighted by Crippen LogP contribution is 2.33. The van der Waals surface area contributed by atoms with Crippen molar-refractivity contribution in [2.75, 3.05) is 6.61 Å². The first-order chi connectivity index (χ1) is 9.60. The molecule has 0 radical (unpaired) electrons. The Kier molecular flexibility index (Phi) is 3.17. The standard InChI is InChI=1S/C13H14N2O5/c16-7-12-11(17)6-13(20-12)14-4-3-8-1-2-9(15(18)19)5-10(8)14/h1-5,11-13,16-17H,6-7H2/t11-,12+,13?/m0/s1. The molecule has 3 rings (SSSR count). The smallest absolute Gasteiger partial charge is 0.271 e. The molecule has 0 saturated carbocycles. The fourth-order valence-electron chi connectivity index (χ4n) is 2.55. The number of aliphatic hydroxyl groups excluding tert-OH is 2. The van der Waals surface area contributed by atoms with Gasteiger partial charge in [-0.2, -0.15) is 0 Å². The van der Waals surface area contributed by atoms with E-state index in [0.29, 0.717) is 11.9 Å². The lowest BCUT2D eigenvalue weighted by molar-refractivity contribution is -0.384. The number of hydrogen-bond acceptors (Lipinski definition) is 5. The van der Waals surface area contributed by atoms with Crippen LogP contribution in [0, 0.1) is 10.1 Å². The number of nitro benzene ring substituents is 1. The number of nitrogens with zero attached hydrogens (tertiary/aromatic N) is 2. The summed E-state index contributed by atoms with van der Waals surface area (Å²) in [7, 11) is 0. The Balaban J connectivity index is 2.00. The van der Waals surface area contributed by atoms with Gasteiger partial charge in [0.15, 0.2) is 0 Å². The van der Waals surface area contributed by atoms with Crippen LogP contribution in [0.15, 0.2) is 30.5 Å². The van der Waals surface area contributed by atoms with Gasteiger partial charge in [0.05, 0.1) is 23.2 Å². The Morgan fingerprint density at radius 2 is 2.25 bits per heavy atom. The van der Waals surface area contributed by atoms with Crippen molar-refractivity contribution >= 4 is 16.6 Å². The second-order valence-corrected chi connectivity index (χ2v) is 4.84. The topological polar surface area (TPSA) is 97.8 Å². The molecule has 1 saturated heterocycles. The molecule has 20 heavy (non-hydrogen) atoms. The molecule has 106 valence electrons.